The monoisotopic (exact) mass is 213 g/mol. The van der Waals surface area contributed by atoms with E-state index in [1.807, 2.05) is 0 Å². The summed E-state index contributed by atoms with van der Waals surface area (Å²) in [5.74, 6) is -0.0541. The lowest BCUT2D eigenvalue weighted by Gasteiger charge is -1.99. The summed E-state index contributed by atoms with van der Waals surface area (Å²) in [6.07, 6.45) is 0.168. The van der Waals surface area contributed by atoms with Crippen LogP contribution in [-0.4, -0.2) is 10.7 Å². The summed E-state index contributed by atoms with van der Waals surface area (Å²) in [6, 6.07) is 4.16. The molecule has 0 aromatic heterocycles. The van der Waals surface area contributed by atoms with E-state index in [1.165, 1.54) is 19.1 Å². The second kappa shape index (κ2) is 4.19. The zero-order valence-corrected chi connectivity index (χ0v) is 8.25. The Bertz CT molecular complexity index is 390. The van der Waals surface area contributed by atoms with Crippen molar-refractivity contribution in [3.8, 4) is 0 Å². The van der Waals surface area contributed by atoms with Crippen LogP contribution in [0.25, 0.3) is 0 Å². The third-order valence-electron chi connectivity index (χ3n) is 1.61. The van der Waals surface area contributed by atoms with Gasteiger partial charge in [0, 0.05) is 23.6 Å². The van der Waals surface area contributed by atoms with E-state index in [0.29, 0.717) is 5.56 Å². The van der Waals surface area contributed by atoms with E-state index in [-0.39, 0.29) is 22.9 Å². The molecule has 1 rings (SSSR count). The van der Waals surface area contributed by atoms with Crippen molar-refractivity contribution in [2.45, 2.75) is 13.3 Å². The van der Waals surface area contributed by atoms with Crippen LogP contribution in [0.5, 0.6) is 0 Å². The van der Waals surface area contributed by atoms with Gasteiger partial charge >= 0.3 is 0 Å². The third-order valence-corrected chi connectivity index (χ3v) is 1.82. The van der Waals surface area contributed by atoms with Crippen molar-refractivity contribution in [1.82, 2.24) is 0 Å². The molecule has 0 unspecified atom stereocenters. The molecule has 0 amide bonds. The van der Waals surface area contributed by atoms with Gasteiger partial charge in [0.1, 0.15) is 5.78 Å². The van der Waals surface area contributed by atoms with Crippen molar-refractivity contribution in [2.75, 3.05) is 0 Å². The normalized spacial score (nSPS) is 9.86. The molecule has 0 radical (unpaired) electrons. The van der Waals surface area contributed by atoms with Gasteiger partial charge in [0.2, 0.25) is 0 Å². The fraction of sp³-hybridized carbons (Fsp3) is 0.222. The molecule has 0 aliphatic heterocycles. The molecule has 0 spiro atoms. The third kappa shape index (κ3) is 2.81. The van der Waals surface area contributed by atoms with Crippen LogP contribution >= 0.6 is 11.6 Å². The van der Waals surface area contributed by atoms with Crippen molar-refractivity contribution in [1.29, 1.82) is 0 Å². The number of hydrogen-bond donors (Lipinski definition) is 0. The molecule has 0 N–H and O–H groups in total. The van der Waals surface area contributed by atoms with E-state index in [1.54, 1.807) is 6.07 Å². The van der Waals surface area contributed by atoms with E-state index in [9.17, 15) is 14.9 Å². The first-order chi connectivity index (χ1) is 6.49. The van der Waals surface area contributed by atoms with Gasteiger partial charge in [-0.15, -0.1) is 0 Å². The van der Waals surface area contributed by atoms with Crippen LogP contribution in [0, 0.1) is 10.1 Å². The molecule has 0 aliphatic carbocycles. The fourth-order valence-electron chi connectivity index (χ4n) is 1.13. The van der Waals surface area contributed by atoms with Crippen LogP contribution < -0.4 is 0 Å². The van der Waals surface area contributed by atoms with Crippen LogP contribution in [0.15, 0.2) is 18.2 Å². The number of carbonyl (C=O) groups is 1. The molecule has 74 valence electrons. The number of nitro benzene ring substituents is 1. The molecular weight excluding hydrogens is 206 g/mol. The number of benzene rings is 1. The average Bonchev–Trinajstić information content (AvgIpc) is 2.01. The van der Waals surface area contributed by atoms with Gasteiger partial charge in [-0.3, -0.25) is 14.9 Å². The summed E-state index contributed by atoms with van der Waals surface area (Å²) in [4.78, 5) is 20.7. The molecule has 1 aromatic carbocycles. The van der Waals surface area contributed by atoms with Gasteiger partial charge in [-0.1, -0.05) is 11.6 Å². The number of Topliss-reactive ketones (excluding diaryl/α,β-unsaturated/α-hetero) is 1. The molecule has 0 fully saturated rings. The Labute approximate surface area is 85.6 Å². The van der Waals surface area contributed by atoms with Crippen molar-refractivity contribution >= 4 is 23.1 Å². The van der Waals surface area contributed by atoms with Crippen LogP contribution in [0.1, 0.15) is 12.5 Å². The van der Waals surface area contributed by atoms with E-state index in [0.717, 1.165) is 0 Å². The van der Waals surface area contributed by atoms with Crippen LogP contribution in [-0.2, 0) is 11.2 Å². The van der Waals surface area contributed by atoms with Gasteiger partial charge < -0.3 is 0 Å². The fourth-order valence-corrected chi connectivity index (χ4v) is 1.38. The molecule has 0 aliphatic rings. The van der Waals surface area contributed by atoms with Crippen LogP contribution in [0.2, 0.25) is 5.02 Å². The van der Waals surface area contributed by atoms with Crippen molar-refractivity contribution in [3.63, 3.8) is 0 Å². The van der Waals surface area contributed by atoms with Gasteiger partial charge in [0.15, 0.2) is 0 Å². The molecule has 0 bridgehead atoms. The minimum atomic E-state index is -0.532. The summed E-state index contributed by atoms with van der Waals surface area (Å²) in [5, 5.41) is 10.7. The van der Waals surface area contributed by atoms with E-state index in [2.05, 4.69) is 0 Å². The lowest BCUT2D eigenvalue weighted by atomic mass is 10.1. The molecule has 1 aromatic rings. The van der Waals surface area contributed by atoms with E-state index < -0.39 is 4.92 Å². The summed E-state index contributed by atoms with van der Waals surface area (Å²) in [7, 11) is 0. The smallest absolute Gasteiger partial charge is 0.271 e. The highest BCUT2D eigenvalue weighted by atomic mass is 35.5. The summed E-state index contributed by atoms with van der Waals surface area (Å²) >= 11 is 5.66. The quantitative estimate of drug-likeness (QED) is 0.572. The zero-order chi connectivity index (χ0) is 10.7. The van der Waals surface area contributed by atoms with Crippen LogP contribution in [0.4, 0.5) is 5.69 Å². The number of carbonyl (C=O) groups excluding carboxylic acids is 1. The Hall–Kier alpha value is -1.42. The molecule has 0 atom stereocenters. The maximum atomic E-state index is 10.8. The highest BCUT2D eigenvalue weighted by molar-refractivity contribution is 6.30. The lowest BCUT2D eigenvalue weighted by Crippen LogP contribution is -1.97. The highest BCUT2D eigenvalue weighted by Gasteiger charge is 2.09. The van der Waals surface area contributed by atoms with Crippen molar-refractivity contribution in [2.24, 2.45) is 0 Å². The number of nitro groups is 1. The summed E-state index contributed by atoms with van der Waals surface area (Å²) in [6.45, 7) is 1.42. The number of rotatable bonds is 3. The predicted molar refractivity (Wildman–Crippen MR) is 52.5 cm³/mol. The highest BCUT2D eigenvalue weighted by Crippen LogP contribution is 2.21. The second-order valence-corrected chi connectivity index (χ2v) is 3.39. The number of nitrogens with zero attached hydrogens (tertiary/aromatic N) is 1. The molecule has 0 saturated heterocycles. The Morgan fingerprint density at radius 1 is 1.50 bits per heavy atom. The van der Waals surface area contributed by atoms with Crippen molar-refractivity contribution in [3.05, 3.63) is 38.9 Å². The Morgan fingerprint density at radius 2 is 2.14 bits per heavy atom. The second-order valence-electron chi connectivity index (χ2n) is 2.95. The van der Waals surface area contributed by atoms with E-state index in [4.69, 9.17) is 11.6 Å². The first kappa shape index (κ1) is 10.7. The summed E-state index contributed by atoms with van der Waals surface area (Å²) < 4.78 is 0. The number of hydrogen-bond acceptors (Lipinski definition) is 3. The summed E-state index contributed by atoms with van der Waals surface area (Å²) in [5.41, 5.74) is 0.477. The molecule has 14 heavy (non-hydrogen) atoms. The number of ketones is 1. The topological polar surface area (TPSA) is 60.2 Å². The Kier molecular flexibility index (Phi) is 3.19. The Balaban J connectivity index is 3.07. The molecule has 0 heterocycles. The minimum absolute atomic E-state index is 0.0541. The first-order valence-corrected chi connectivity index (χ1v) is 4.30. The van der Waals surface area contributed by atoms with Gasteiger partial charge in [-0.05, 0) is 18.6 Å². The average molecular weight is 214 g/mol. The van der Waals surface area contributed by atoms with Crippen molar-refractivity contribution < 1.29 is 9.72 Å². The predicted octanol–water partition coefficient (Wildman–Crippen LogP) is 2.38. The number of halogens is 1. The van der Waals surface area contributed by atoms with Gasteiger partial charge in [-0.25, -0.2) is 0 Å². The maximum absolute atomic E-state index is 10.8. The van der Waals surface area contributed by atoms with Crippen LogP contribution in [0.3, 0.4) is 0 Å². The zero-order valence-electron chi connectivity index (χ0n) is 7.49. The SMILES string of the molecule is CC(=O)Cc1cc(Cl)cc([N+](=O)[O-])c1. The molecule has 0 saturated carbocycles. The standard InChI is InChI=1S/C9H8ClNO3/c1-6(12)2-7-3-8(10)5-9(4-7)11(13)14/h3-5H,2H2,1H3. The Morgan fingerprint density at radius 3 is 2.64 bits per heavy atom. The molecular formula is C9H8ClNO3. The lowest BCUT2D eigenvalue weighted by molar-refractivity contribution is -0.384. The maximum Gasteiger partial charge on any atom is 0.271 e. The van der Waals surface area contributed by atoms with E-state index >= 15 is 0 Å². The molecule has 5 heteroatoms. The van der Waals surface area contributed by atoms with Gasteiger partial charge in [0.05, 0.1) is 4.92 Å². The first-order valence-electron chi connectivity index (χ1n) is 3.92. The number of non-ortho nitro benzene ring substituents is 1. The molecule has 4 nitrogen and oxygen atoms in total. The van der Waals surface area contributed by atoms with Gasteiger partial charge in [0.25, 0.3) is 5.69 Å². The minimum Gasteiger partial charge on any atom is -0.300 e. The van der Waals surface area contributed by atoms with Gasteiger partial charge in [-0.2, -0.15) is 0 Å². The largest absolute Gasteiger partial charge is 0.300 e.